The Kier molecular flexibility index (Phi) is 10.6. The Morgan fingerprint density at radius 3 is 1.75 bits per heavy atom. The number of rotatable bonds is 3. The highest BCUT2D eigenvalue weighted by atomic mass is 35.5. The van der Waals surface area contributed by atoms with Gasteiger partial charge in [0.2, 0.25) is 0 Å². The van der Waals surface area contributed by atoms with Gasteiger partial charge in [-0.1, -0.05) is 57.1 Å². The molecular weight excluding hydrogens is 191 g/mol. The van der Waals surface area contributed by atoms with E-state index in [-0.39, 0.29) is 0 Å². The topological polar surface area (TPSA) is 0 Å². The molecule has 0 amide bonds. The Hall–Kier alpha value is -0.200. The van der Waals surface area contributed by atoms with E-state index in [9.17, 15) is 0 Å². The molecule has 70 valence electrons. The number of halogens is 2. The van der Waals surface area contributed by atoms with Crippen molar-refractivity contribution in [3.8, 4) is 0 Å². The van der Waals surface area contributed by atoms with Crippen molar-refractivity contribution in [2.24, 2.45) is 0 Å². The molecule has 2 heteroatoms. The molecule has 0 fully saturated rings. The standard InChI is InChI=1S/C8H10Cl2.C2H6/c1-4-8(7(3)10)5-6(2)9;1-2/h5H,2-4H2,1H3;1-2H3/b8-5-;. The summed E-state index contributed by atoms with van der Waals surface area (Å²) in [5, 5.41) is 1.02. The monoisotopic (exact) mass is 206 g/mol. The van der Waals surface area contributed by atoms with Crippen LogP contribution in [0.4, 0.5) is 0 Å². The third-order valence-electron chi connectivity index (χ3n) is 1.06. The third-order valence-corrected chi connectivity index (χ3v) is 1.41. The average molecular weight is 207 g/mol. The van der Waals surface area contributed by atoms with Gasteiger partial charge in [-0.05, 0) is 18.1 Å². The highest BCUT2D eigenvalue weighted by molar-refractivity contribution is 6.33. The predicted molar refractivity (Wildman–Crippen MR) is 59.7 cm³/mol. The van der Waals surface area contributed by atoms with Gasteiger partial charge in [-0.25, -0.2) is 0 Å². The SMILES string of the molecule is C=C(Cl)/C=C(/CC)C(=C)Cl.CC. The zero-order valence-electron chi connectivity index (χ0n) is 7.95. The minimum Gasteiger partial charge on any atom is -0.0850 e. The number of hydrogen-bond acceptors (Lipinski definition) is 0. The summed E-state index contributed by atoms with van der Waals surface area (Å²) in [6.07, 6.45) is 2.55. The first kappa shape index (κ1) is 14.3. The van der Waals surface area contributed by atoms with E-state index in [2.05, 4.69) is 13.2 Å². The molecule has 0 radical (unpaired) electrons. The summed E-state index contributed by atoms with van der Waals surface area (Å²) in [6, 6.07) is 0. The molecule has 0 bridgehead atoms. The first-order valence-electron chi connectivity index (χ1n) is 3.97. The molecular formula is C10H16Cl2. The summed E-state index contributed by atoms with van der Waals surface area (Å²) in [4.78, 5) is 0. The zero-order chi connectivity index (χ0) is 10.1. The van der Waals surface area contributed by atoms with Crippen LogP contribution in [0.3, 0.4) is 0 Å². The molecule has 0 aliphatic rings. The predicted octanol–water partition coefficient (Wildman–Crippen LogP) is 4.85. The quantitative estimate of drug-likeness (QED) is 0.580. The number of hydrogen-bond donors (Lipinski definition) is 0. The van der Waals surface area contributed by atoms with Gasteiger partial charge < -0.3 is 0 Å². The fraction of sp³-hybridized carbons (Fsp3) is 0.400. The van der Waals surface area contributed by atoms with Crippen molar-refractivity contribution in [2.75, 3.05) is 0 Å². The highest BCUT2D eigenvalue weighted by Crippen LogP contribution is 2.18. The van der Waals surface area contributed by atoms with Crippen LogP contribution < -0.4 is 0 Å². The van der Waals surface area contributed by atoms with Gasteiger partial charge in [-0.2, -0.15) is 0 Å². The molecule has 0 aromatic rings. The second-order valence-electron chi connectivity index (χ2n) is 1.87. The van der Waals surface area contributed by atoms with Gasteiger partial charge in [0.15, 0.2) is 0 Å². The van der Waals surface area contributed by atoms with Gasteiger partial charge in [-0.3, -0.25) is 0 Å². The van der Waals surface area contributed by atoms with Crippen LogP contribution in [0.5, 0.6) is 0 Å². The molecule has 0 aromatic heterocycles. The van der Waals surface area contributed by atoms with E-state index in [0.29, 0.717) is 10.1 Å². The van der Waals surface area contributed by atoms with E-state index in [1.54, 1.807) is 6.08 Å². The normalized spacial score (nSPS) is 9.92. The van der Waals surface area contributed by atoms with Crippen LogP contribution >= 0.6 is 23.2 Å². The Labute approximate surface area is 85.6 Å². The second-order valence-corrected chi connectivity index (χ2v) is 2.82. The van der Waals surface area contributed by atoms with Crippen molar-refractivity contribution >= 4 is 23.2 Å². The van der Waals surface area contributed by atoms with Crippen molar-refractivity contribution in [1.29, 1.82) is 0 Å². The Morgan fingerprint density at radius 1 is 1.25 bits per heavy atom. The van der Waals surface area contributed by atoms with Crippen LogP contribution in [0.1, 0.15) is 27.2 Å². The van der Waals surface area contributed by atoms with Crippen LogP contribution in [-0.2, 0) is 0 Å². The van der Waals surface area contributed by atoms with E-state index in [0.717, 1.165) is 12.0 Å². The minimum absolute atomic E-state index is 0.485. The van der Waals surface area contributed by atoms with Crippen LogP contribution in [-0.4, -0.2) is 0 Å². The molecule has 12 heavy (non-hydrogen) atoms. The first-order chi connectivity index (χ1) is 5.57. The Balaban J connectivity index is 0. The van der Waals surface area contributed by atoms with Crippen LogP contribution in [0, 0.1) is 0 Å². The van der Waals surface area contributed by atoms with E-state index >= 15 is 0 Å². The van der Waals surface area contributed by atoms with Crippen molar-refractivity contribution in [1.82, 2.24) is 0 Å². The molecule has 0 aliphatic carbocycles. The summed E-state index contributed by atoms with van der Waals surface area (Å²) in [5.41, 5.74) is 0.932. The lowest BCUT2D eigenvalue weighted by atomic mass is 10.2. The van der Waals surface area contributed by atoms with Gasteiger partial charge in [0.1, 0.15) is 0 Å². The van der Waals surface area contributed by atoms with Crippen molar-refractivity contribution in [2.45, 2.75) is 27.2 Å². The molecule has 0 spiro atoms. The van der Waals surface area contributed by atoms with Crippen molar-refractivity contribution in [3.05, 3.63) is 34.9 Å². The average Bonchev–Trinajstić information content (AvgIpc) is 2.03. The fourth-order valence-corrected chi connectivity index (χ4v) is 0.881. The minimum atomic E-state index is 0.485. The van der Waals surface area contributed by atoms with Crippen molar-refractivity contribution < 1.29 is 0 Å². The van der Waals surface area contributed by atoms with Crippen LogP contribution in [0.2, 0.25) is 0 Å². The van der Waals surface area contributed by atoms with E-state index in [4.69, 9.17) is 23.2 Å². The second kappa shape index (κ2) is 8.89. The Morgan fingerprint density at radius 2 is 1.67 bits per heavy atom. The molecule has 0 saturated carbocycles. The number of allylic oxidation sites excluding steroid dienone is 4. The lowest BCUT2D eigenvalue weighted by Crippen LogP contribution is -1.78. The first-order valence-corrected chi connectivity index (χ1v) is 4.73. The molecule has 0 saturated heterocycles. The van der Waals surface area contributed by atoms with Gasteiger partial charge >= 0.3 is 0 Å². The largest absolute Gasteiger partial charge is 0.0850 e. The summed E-state index contributed by atoms with van der Waals surface area (Å²) >= 11 is 11.2. The van der Waals surface area contributed by atoms with Crippen LogP contribution in [0.15, 0.2) is 34.9 Å². The summed E-state index contributed by atoms with van der Waals surface area (Å²) in [7, 11) is 0. The molecule has 0 atom stereocenters. The molecule has 0 nitrogen and oxygen atoms in total. The van der Waals surface area contributed by atoms with Crippen LogP contribution in [0.25, 0.3) is 0 Å². The highest BCUT2D eigenvalue weighted by Gasteiger charge is 1.95. The fourth-order valence-electron chi connectivity index (χ4n) is 0.561. The summed E-state index contributed by atoms with van der Waals surface area (Å²) in [5.74, 6) is 0. The maximum Gasteiger partial charge on any atom is 0.0366 e. The molecule has 0 rings (SSSR count). The third kappa shape index (κ3) is 7.90. The lowest BCUT2D eigenvalue weighted by molar-refractivity contribution is 1.14. The maximum absolute atomic E-state index is 5.63. The molecule has 0 unspecified atom stereocenters. The molecule has 0 aromatic carbocycles. The molecule has 0 aliphatic heterocycles. The molecule has 0 heterocycles. The Bertz CT molecular complexity index is 178. The van der Waals surface area contributed by atoms with E-state index in [1.165, 1.54) is 0 Å². The van der Waals surface area contributed by atoms with Gasteiger partial charge in [-0.15, -0.1) is 0 Å². The smallest absolute Gasteiger partial charge is 0.0366 e. The van der Waals surface area contributed by atoms with Gasteiger partial charge in [0.25, 0.3) is 0 Å². The van der Waals surface area contributed by atoms with Gasteiger partial charge in [0.05, 0.1) is 0 Å². The summed E-state index contributed by atoms with van der Waals surface area (Å²) in [6.45, 7) is 13.1. The van der Waals surface area contributed by atoms with E-state index in [1.807, 2.05) is 20.8 Å². The zero-order valence-corrected chi connectivity index (χ0v) is 9.47. The lowest BCUT2D eigenvalue weighted by Gasteiger charge is -1.98. The van der Waals surface area contributed by atoms with Gasteiger partial charge in [0, 0.05) is 10.1 Å². The summed E-state index contributed by atoms with van der Waals surface area (Å²) < 4.78 is 0. The van der Waals surface area contributed by atoms with Crippen molar-refractivity contribution in [3.63, 3.8) is 0 Å². The van der Waals surface area contributed by atoms with E-state index < -0.39 is 0 Å². The molecule has 0 N–H and O–H groups in total. The maximum atomic E-state index is 5.63.